The molecule has 0 spiro atoms. The van der Waals surface area contributed by atoms with Gasteiger partial charge in [0.05, 0.1) is 5.56 Å². The Morgan fingerprint density at radius 2 is 2.00 bits per heavy atom. The van der Waals surface area contributed by atoms with Crippen LogP contribution in [0.5, 0.6) is 0 Å². The predicted molar refractivity (Wildman–Crippen MR) is 62.8 cm³/mol. The Labute approximate surface area is 110 Å². The van der Waals surface area contributed by atoms with Gasteiger partial charge in [0.1, 0.15) is 11.6 Å². The standard InChI is InChI=1S/C11H7F3N6/c12-11(13,14)8-1-3-9(4-2-8)16-6-7(5-15)10-17-19-20-18-10/h1-4,6,16H,(H,17,18,19,20)/b7-6-. The smallest absolute Gasteiger partial charge is 0.360 e. The molecule has 0 radical (unpaired) electrons. The van der Waals surface area contributed by atoms with Crippen molar-refractivity contribution in [1.29, 1.82) is 5.26 Å². The molecule has 0 unspecified atom stereocenters. The second-order valence-corrected chi connectivity index (χ2v) is 3.62. The quantitative estimate of drug-likeness (QED) is 0.841. The van der Waals surface area contributed by atoms with Crippen LogP contribution in [0.1, 0.15) is 11.4 Å². The number of nitriles is 1. The third-order valence-corrected chi connectivity index (χ3v) is 2.30. The van der Waals surface area contributed by atoms with E-state index < -0.39 is 11.7 Å². The molecule has 0 saturated heterocycles. The van der Waals surface area contributed by atoms with E-state index in [2.05, 4.69) is 25.9 Å². The van der Waals surface area contributed by atoms with Gasteiger partial charge in [-0.2, -0.15) is 23.6 Å². The lowest BCUT2D eigenvalue weighted by Gasteiger charge is -2.07. The molecule has 1 heterocycles. The Morgan fingerprint density at radius 1 is 1.30 bits per heavy atom. The van der Waals surface area contributed by atoms with E-state index in [-0.39, 0.29) is 11.4 Å². The first-order chi connectivity index (χ1) is 9.50. The fourth-order valence-corrected chi connectivity index (χ4v) is 1.33. The highest BCUT2D eigenvalue weighted by molar-refractivity contribution is 5.73. The molecule has 1 aromatic carbocycles. The van der Waals surface area contributed by atoms with Crippen molar-refractivity contribution in [3.63, 3.8) is 0 Å². The number of aromatic amines is 1. The van der Waals surface area contributed by atoms with Crippen LogP contribution in [0.4, 0.5) is 18.9 Å². The van der Waals surface area contributed by atoms with Crippen LogP contribution in [0.2, 0.25) is 0 Å². The van der Waals surface area contributed by atoms with Crippen molar-refractivity contribution in [3.05, 3.63) is 41.9 Å². The van der Waals surface area contributed by atoms with E-state index in [1.165, 1.54) is 18.3 Å². The van der Waals surface area contributed by atoms with Crippen molar-refractivity contribution in [3.8, 4) is 6.07 Å². The largest absolute Gasteiger partial charge is 0.416 e. The van der Waals surface area contributed by atoms with Crippen molar-refractivity contribution >= 4 is 11.3 Å². The van der Waals surface area contributed by atoms with Gasteiger partial charge in [0.2, 0.25) is 5.82 Å². The lowest BCUT2D eigenvalue weighted by molar-refractivity contribution is -0.137. The molecule has 0 fully saturated rings. The van der Waals surface area contributed by atoms with Crippen molar-refractivity contribution in [2.24, 2.45) is 0 Å². The average Bonchev–Trinajstić information content (AvgIpc) is 2.93. The van der Waals surface area contributed by atoms with Gasteiger partial charge in [-0.3, -0.25) is 0 Å². The minimum absolute atomic E-state index is 0.0897. The minimum atomic E-state index is -4.38. The zero-order valence-corrected chi connectivity index (χ0v) is 9.81. The third kappa shape index (κ3) is 3.11. The molecule has 0 aliphatic rings. The maximum atomic E-state index is 12.4. The Hall–Kier alpha value is -2.89. The monoisotopic (exact) mass is 280 g/mol. The predicted octanol–water partition coefficient (Wildman–Crippen LogP) is 2.20. The van der Waals surface area contributed by atoms with Gasteiger partial charge in [-0.1, -0.05) is 0 Å². The summed E-state index contributed by atoms with van der Waals surface area (Å²) in [6.45, 7) is 0. The van der Waals surface area contributed by atoms with Gasteiger partial charge in [-0.15, -0.1) is 10.2 Å². The van der Waals surface area contributed by atoms with Crippen molar-refractivity contribution in [2.75, 3.05) is 5.32 Å². The molecule has 1 aromatic heterocycles. The van der Waals surface area contributed by atoms with Crippen molar-refractivity contribution < 1.29 is 13.2 Å². The number of nitrogens with one attached hydrogen (secondary N) is 2. The highest BCUT2D eigenvalue weighted by Crippen LogP contribution is 2.29. The number of nitrogens with zero attached hydrogens (tertiary/aromatic N) is 4. The average molecular weight is 280 g/mol. The van der Waals surface area contributed by atoms with Gasteiger partial charge in [-0.25, -0.2) is 0 Å². The molecule has 0 saturated carbocycles. The lowest BCUT2D eigenvalue weighted by Crippen LogP contribution is -2.04. The molecule has 0 bridgehead atoms. The number of halogens is 3. The van der Waals surface area contributed by atoms with E-state index in [4.69, 9.17) is 5.26 Å². The molecule has 2 aromatic rings. The second kappa shape index (κ2) is 5.40. The number of anilines is 1. The second-order valence-electron chi connectivity index (χ2n) is 3.62. The van der Waals surface area contributed by atoms with Crippen molar-refractivity contribution in [2.45, 2.75) is 6.18 Å². The number of allylic oxidation sites excluding steroid dienone is 1. The number of hydrogen-bond acceptors (Lipinski definition) is 5. The Kier molecular flexibility index (Phi) is 3.65. The number of alkyl halides is 3. The molecule has 2 N–H and O–H groups in total. The molecular formula is C11H7F3N6. The maximum absolute atomic E-state index is 12.4. The summed E-state index contributed by atoms with van der Waals surface area (Å²) in [5, 5.41) is 24.3. The van der Waals surface area contributed by atoms with E-state index >= 15 is 0 Å². The summed E-state index contributed by atoms with van der Waals surface area (Å²) >= 11 is 0. The Bertz CT molecular complexity index is 636. The number of H-pyrrole nitrogens is 1. The molecule has 0 amide bonds. The third-order valence-electron chi connectivity index (χ3n) is 2.30. The lowest BCUT2D eigenvalue weighted by atomic mass is 10.2. The zero-order chi connectivity index (χ0) is 14.6. The molecule has 102 valence electrons. The van der Waals surface area contributed by atoms with Gasteiger partial charge in [0, 0.05) is 11.9 Å². The number of rotatable bonds is 3. The number of aromatic nitrogens is 4. The van der Waals surface area contributed by atoms with Gasteiger partial charge < -0.3 is 5.32 Å². The van der Waals surface area contributed by atoms with Crippen LogP contribution in [0, 0.1) is 11.3 Å². The molecule has 9 heteroatoms. The summed E-state index contributed by atoms with van der Waals surface area (Å²) in [5.74, 6) is 0.0897. The zero-order valence-electron chi connectivity index (χ0n) is 9.81. The first kappa shape index (κ1) is 13.5. The van der Waals surface area contributed by atoms with Crippen LogP contribution < -0.4 is 5.32 Å². The number of tetrazole rings is 1. The fourth-order valence-electron chi connectivity index (χ4n) is 1.33. The topological polar surface area (TPSA) is 90.3 Å². The van der Waals surface area contributed by atoms with Crippen molar-refractivity contribution in [1.82, 2.24) is 20.6 Å². The Morgan fingerprint density at radius 3 is 2.50 bits per heavy atom. The van der Waals surface area contributed by atoms with Gasteiger partial charge in [-0.05, 0) is 29.5 Å². The number of benzene rings is 1. The fraction of sp³-hybridized carbons (Fsp3) is 0.0909. The highest BCUT2D eigenvalue weighted by Gasteiger charge is 2.29. The summed E-state index contributed by atoms with van der Waals surface area (Å²) in [4.78, 5) is 0. The van der Waals surface area contributed by atoms with Crippen LogP contribution in [0.3, 0.4) is 0 Å². The van der Waals surface area contributed by atoms with E-state index in [0.29, 0.717) is 5.69 Å². The van der Waals surface area contributed by atoms with Crippen LogP contribution in [-0.4, -0.2) is 20.6 Å². The maximum Gasteiger partial charge on any atom is 0.416 e. The normalized spacial score (nSPS) is 12.0. The SMILES string of the molecule is N#C/C(=C/Nc1ccc(C(F)(F)F)cc1)c1nn[nH]n1. The van der Waals surface area contributed by atoms with E-state index in [0.717, 1.165) is 12.1 Å². The Balaban J connectivity index is 2.13. The first-order valence-electron chi connectivity index (χ1n) is 5.28. The highest BCUT2D eigenvalue weighted by atomic mass is 19.4. The van der Waals surface area contributed by atoms with E-state index in [1.807, 2.05) is 6.07 Å². The van der Waals surface area contributed by atoms with E-state index in [9.17, 15) is 13.2 Å². The van der Waals surface area contributed by atoms with Gasteiger partial charge in [0.25, 0.3) is 0 Å². The molecule has 0 atom stereocenters. The van der Waals surface area contributed by atoms with Crippen LogP contribution >= 0.6 is 0 Å². The summed E-state index contributed by atoms with van der Waals surface area (Å²) in [7, 11) is 0. The summed E-state index contributed by atoms with van der Waals surface area (Å²) < 4.78 is 37.1. The molecule has 0 aliphatic carbocycles. The van der Waals surface area contributed by atoms with Gasteiger partial charge in [0.15, 0.2) is 0 Å². The molecular weight excluding hydrogens is 273 g/mol. The van der Waals surface area contributed by atoms with Crippen LogP contribution in [0.25, 0.3) is 5.57 Å². The molecule has 20 heavy (non-hydrogen) atoms. The van der Waals surface area contributed by atoms with Crippen LogP contribution in [-0.2, 0) is 6.18 Å². The summed E-state index contributed by atoms with van der Waals surface area (Å²) in [6.07, 6.45) is -3.09. The first-order valence-corrected chi connectivity index (χ1v) is 5.28. The van der Waals surface area contributed by atoms with Crippen LogP contribution in [0.15, 0.2) is 30.5 Å². The summed E-state index contributed by atoms with van der Waals surface area (Å²) in [5.41, 5.74) is -0.251. The number of hydrogen-bond donors (Lipinski definition) is 2. The molecule has 2 rings (SSSR count). The molecule has 6 nitrogen and oxygen atoms in total. The van der Waals surface area contributed by atoms with Gasteiger partial charge >= 0.3 is 6.18 Å². The summed E-state index contributed by atoms with van der Waals surface area (Å²) in [6, 6.07) is 6.24. The molecule has 0 aliphatic heterocycles. The minimum Gasteiger partial charge on any atom is -0.360 e. The van der Waals surface area contributed by atoms with E-state index in [1.54, 1.807) is 0 Å².